The molecule has 0 bridgehead atoms. The first kappa shape index (κ1) is 20.3. The van der Waals surface area contributed by atoms with Crippen LogP contribution in [0.2, 0.25) is 0 Å². The Morgan fingerprint density at radius 3 is 1.52 bits per heavy atom. The van der Waals surface area contributed by atoms with Gasteiger partial charge in [0.05, 0.1) is 5.54 Å². The molecular weight excluding hydrogens is 413 g/mol. The second-order valence-corrected chi connectivity index (χ2v) is 7.75. The maximum atomic E-state index is 3.18. The van der Waals surface area contributed by atoms with E-state index in [1.54, 1.807) is 0 Å². The quantitative estimate of drug-likeness (QED) is 0.426. The van der Waals surface area contributed by atoms with Crippen molar-refractivity contribution in [2.45, 2.75) is 24.0 Å². The predicted octanol–water partition coefficient (Wildman–Crippen LogP) is 6.22. The molecule has 27 heavy (non-hydrogen) atoms. The lowest BCUT2D eigenvalue weighted by atomic mass is 9.76. The van der Waals surface area contributed by atoms with E-state index in [1.807, 2.05) is 0 Å². The number of likely N-dealkylation sites (tertiary alicyclic amines) is 1. The molecule has 1 fully saturated rings. The third-order valence-electron chi connectivity index (χ3n) is 5.64. The number of benzene rings is 3. The fourth-order valence-electron chi connectivity index (χ4n) is 4.44. The molecule has 2 unspecified atom stereocenters. The van der Waals surface area contributed by atoms with E-state index < -0.39 is 0 Å². The van der Waals surface area contributed by atoms with Crippen molar-refractivity contribution in [3.8, 4) is 0 Å². The summed E-state index contributed by atoms with van der Waals surface area (Å²) in [7, 11) is 3.18. The topological polar surface area (TPSA) is 3.24 Å². The molecule has 1 nitrogen and oxygen atoms in total. The lowest BCUT2D eigenvalue weighted by Crippen LogP contribution is -2.48. The van der Waals surface area contributed by atoms with E-state index in [1.165, 1.54) is 29.5 Å². The molecule has 0 amide bonds. The fraction of sp³-hybridized carbons (Fsp3) is 0.250. The van der Waals surface area contributed by atoms with Crippen LogP contribution in [-0.2, 0) is 5.54 Å². The maximum absolute atomic E-state index is 3.18. The molecule has 1 heterocycles. The molecule has 0 aliphatic carbocycles. The minimum Gasteiger partial charge on any atom is -0.289 e. The van der Waals surface area contributed by atoms with E-state index in [0.29, 0.717) is 0 Å². The first-order valence-electron chi connectivity index (χ1n) is 9.50. The van der Waals surface area contributed by atoms with Crippen molar-refractivity contribution in [1.82, 2.24) is 4.90 Å². The normalized spacial score (nSPS) is 15.9. The summed E-state index contributed by atoms with van der Waals surface area (Å²) in [6.45, 7) is 2.28. The molecule has 0 aromatic heterocycles. The van der Waals surface area contributed by atoms with Gasteiger partial charge in [0.25, 0.3) is 0 Å². The Labute approximate surface area is 175 Å². The lowest BCUT2D eigenvalue weighted by molar-refractivity contribution is 0.153. The van der Waals surface area contributed by atoms with E-state index in [2.05, 4.69) is 105 Å². The highest BCUT2D eigenvalue weighted by Crippen LogP contribution is 2.51. The van der Waals surface area contributed by atoms with Crippen LogP contribution in [0.5, 0.6) is 0 Å². The first-order chi connectivity index (χ1) is 12.8. The second kappa shape index (κ2) is 9.15. The van der Waals surface area contributed by atoms with Crippen LogP contribution in [0.15, 0.2) is 91.0 Å². The van der Waals surface area contributed by atoms with E-state index >= 15 is 0 Å². The lowest BCUT2D eigenvalue weighted by Gasteiger charge is -2.47. The largest absolute Gasteiger partial charge is 0.289 e. The molecule has 0 saturated carbocycles. The van der Waals surface area contributed by atoms with Gasteiger partial charge in [-0.05, 0) is 42.6 Å². The van der Waals surface area contributed by atoms with E-state index in [-0.39, 0.29) is 28.2 Å². The molecule has 0 spiro atoms. The minimum absolute atomic E-state index is 0. The van der Waals surface area contributed by atoms with Gasteiger partial charge >= 0.3 is 0 Å². The Morgan fingerprint density at radius 1 is 0.667 bits per heavy atom. The van der Waals surface area contributed by atoms with Crippen LogP contribution in [-0.4, -0.2) is 18.0 Å². The molecule has 0 N–H and O–H groups in total. The fourth-order valence-corrected chi connectivity index (χ4v) is 5.26. The van der Waals surface area contributed by atoms with Crippen LogP contribution in [0.25, 0.3) is 0 Å². The predicted molar refractivity (Wildman–Crippen MR) is 124 cm³/mol. The molecule has 4 rings (SSSR count). The summed E-state index contributed by atoms with van der Waals surface area (Å²) < 4.78 is 0. The zero-order valence-electron chi connectivity index (χ0n) is 15.5. The van der Waals surface area contributed by atoms with Gasteiger partial charge < -0.3 is 0 Å². The van der Waals surface area contributed by atoms with Crippen LogP contribution in [0.4, 0.5) is 0 Å². The van der Waals surface area contributed by atoms with E-state index in [0.717, 1.165) is 13.1 Å². The second-order valence-electron chi connectivity index (χ2n) is 7.08. The SMILES string of the molecule is Br.PC(c1ccccc1)C(c1ccccc1)(c1ccccc1)N1CCCC1. The summed E-state index contributed by atoms with van der Waals surface area (Å²) >= 11 is 0. The summed E-state index contributed by atoms with van der Waals surface area (Å²) in [5.41, 5.74) is 4.20. The van der Waals surface area contributed by atoms with E-state index in [9.17, 15) is 0 Å². The third kappa shape index (κ3) is 3.76. The molecule has 0 radical (unpaired) electrons. The number of hydrogen-bond acceptors (Lipinski definition) is 1. The Morgan fingerprint density at radius 2 is 1.07 bits per heavy atom. The molecular formula is C24H27BrNP. The molecule has 3 aromatic carbocycles. The number of nitrogens with zero attached hydrogens (tertiary/aromatic N) is 1. The minimum atomic E-state index is -0.176. The Bertz CT molecular complexity index is 777. The van der Waals surface area contributed by atoms with Gasteiger partial charge in [-0.3, -0.25) is 4.90 Å². The highest BCUT2D eigenvalue weighted by atomic mass is 79.9. The number of rotatable bonds is 5. The molecule has 1 saturated heterocycles. The molecule has 1 aliphatic heterocycles. The van der Waals surface area contributed by atoms with Gasteiger partial charge in [0.2, 0.25) is 0 Å². The Balaban J connectivity index is 0.00000210. The van der Waals surface area contributed by atoms with Gasteiger partial charge in [-0.25, -0.2) is 0 Å². The van der Waals surface area contributed by atoms with Gasteiger partial charge in [0.15, 0.2) is 0 Å². The first-order valence-corrected chi connectivity index (χ1v) is 10.2. The smallest absolute Gasteiger partial charge is 0.0820 e. The van der Waals surface area contributed by atoms with Gasteiger partial charge in [0.1, 0.15) is 0 Å². The summed E-state index contributed by atoms with van der Waals surface area (Å²) in [6, 6.07) is 33.0. The molecule has 3 heteroatoms. The van der Waals surface area contributed by atoms with Crippen LogP contribution >= 0.6 is 26.2 Å². The van der Waals surface area contributed by atoms with Crippen molar-refractivity contribution in [3.63, 3.8) is 0 Å². The molecule has 2 atom stereocenters. The van der Waals surface area contributed by atoms with Crippen LogP contribution < -0.4 is 0 Å². The third-order valence-corrected chi connectivity index (χ3v) is 6.51. The van der Waals surface area contributed by atoms with Crippen molar-refractivity contribution in [2.24, 2.45) is 0 Å². The highest BCUT2D eigenvalue weighted by Gasteiger charge is 2.46. The van der Waals surface area contributed by atoms with Crippen molar-refractivity contribution in [1.29, 1.82) is 0 Å². The van der Waals surface area contributed by atoms with Gasteiger partial charge in [-0.2, -0.15) is 0 Å². The average Bonchev–Trinajstić information content (AvgIpc) is 3.26. The van der Waals surface area contributed by atoms with Gasteiger partial charge in [-0.1, -0.05) is 91.0 Å². The number of hydrogen-bond donors (Lipinski definition) is 0. The Kier molecular flexibility index (Phi) is 6.87. The molecule has 140 valence electrons. The zero-order chi connectivity index (χ0) is 17.8. The van der Waals surface area contributed by atoms with Crippen LogP contribution in [0, 0.1) is 0 Å². The van der Waals surface area contributed by atoms with Crippen LogP contribution in [0.3, 0.4) is 0 Å². The van der Waals surface area contributed by atoms with Crippen molar-refractivity contribution < 1.29 is 0 Å². The van der Waals surface area contributed by atoms with E-state index in [4.69, 9.17) is 0 Å². The van der Waals surface area contributed by atoms with Crippen LogP contribution in [0.1, 0.15) is 35.2 Å². The standard InChI is InChI=1S/C24H26NP.BrH/c26-23(20-12-4-1-5-13-20)24(25-18-10-11-19-25,21-14-6-2-7-15-21)22-16-8-3-9-17-22;/h1-9,12-17,23H,10-11,18-19,26H2;1H. The van der Waals surface area contributed by atoms with Gasteiger partial charge in [-0.15, -0.1) is 26.2 Å². The summed E-state index contributed by atoms with van der Waals surface area (Å²) in [6.07, 6.45) is 2.54. The zero-order valence-corrected chi connectivity index (χ0v) is 18.4. The average molecular weight is 440 g/mol. The summed E-state index contributed by atoms with van der Waals surface area (Å²) in [4.78, 5) is 2.70. The Hall–Kier alpha value is -1.47. The molecule has 1 aliphatic rings. The maximum Gasteiger partial charge on any atom is 0.0820 e. The monoisotopic (exact) mass is 439 g/mol. The van der Waals surface area contributed by atoms with Crippen molar-refractivity contribution in [2.75, 3.05) is 13.1 Å². The number of halogens is 1. The van der Waals surface area contributed by atoms with Crippen molar-refractivity contribution >= 4 is 26.2 Å². The summed E-state index contributed by atoms with van der Waals surface area (Å²) in [5.74, 6) is 0. The van der Waals surface area contributed by atoms with Crippen molar-refractivity contribution in [3.05, 3.63) is 108 Å². The summed E-state index contributed by atoms with van der Waals surface area (Å²) in [5, 5.41) is 0. The molecule has 3 aromatic rings. The highest BCUT2D eigenvalue weighted by molar-refractivity contribution is 8.93. The van der Waals surface area contributed by atoms with Gasteiger partial charge in [0, 0.05) is 5.66 Å².